The molecule has 0 bridgehead atoms. The first-order valence-corrected chi connectivity index (χ1v) is 9.37. The minimum absolute atomic E-state index is 0.389. The Bertz CT molecular complexity index is 1120. The highest BCUT2D eigenvalue weighted by Crippen LogP contribution is 2.22. The average molecular weight is 380 g/mol. The average Bonchev–Trinajstić information content (AvgIpc) is 2.76. The topological polar surface area (TPSA) is 52.1 Å². The van der Waals surface area contributed by atoms with Crippen molar-refractivity contribution in [2.45, 2.75) is 13.8 Å². The first-order chi connectivity index (χ1) is 14.1. The second kappa shape index (κ2) is 8.07. The Kier molecular flexibility index (Phi) is 5.16. The van der Waals surface area contributed by atoms with Gasteiger partial charge in [-0.15, -0.1) is 0 Å². The van der Waals surface area contributed by atoms with Crippen LogP contribution in [0.15, 0.2) is 85.2 Å². The zero-order chi connectivity index (χ0) is 20.2. The molecular weight excluding hydrogens is 360 g/mol. The molecule has 3 aromatic carbocycles. The molecule has 4 nitrogen and oxygen atoms in total. The summed E-state index contributed by atoms with van der Waals surface area (Å²) in [6.45, 7) is 4.00. The van der Waals surface area contributed by atoms with Gasteiger partial charge in [0.25, 0.3) is 0 Å². The van der Waals surface area contributed by atoms with Gasteiger partial charge in [0.2, 0.25) is 0 Å². The van der Waals surface area contributed by atoms with E-state index in [0.717, 1.165) is 22.3 Å². The molecule has 0 unspecified atom stereocenters. The van der Waals surface area contributed by atoms with Crippen molar-refractivity contribution in [2.75, 3.05) is 0 Å². The number of aromatic nitrogens is 2. The Hall–Kier alpha value is -3.79. The number of carbonyl (C=O) groups excluding carboxylic acids is 1. The van der Waals surface area contributed by atoms with Gasteiger partial charge < -0.3 is 4.74 Å². The summed E-state index contributed by atoms with van der Waals surface area (Å²) in [6, 6.07) is 22.9. The molecule has 29 heavy (non-hydrogen) atoms. The van der Waals surface area contributed by atoms with Crippen LogP contribution in [-0.4, -0.2) is 15.9 Å². The summed E-state index contributed by atoms with van der Waals surface area (Å²) in [5.74, 6) is 0.730. The van der Waals surface area contributed by atoms with Crippen molar-refractivity contribution in [1.29, 1.82) is 0 Å². The fourth-order valence-corrected chi connectivity index (χ4v) is 2.92. The third-order valence-corrected chi connectivity index (χ3v) is 4.61. The first kappa shape index (κ1) is 18.6. The number of aryl methyl sites for hydroxylation is 2. The Morgan fingerprint density at radius 3 is 1.76 bits per heavy atom. The van der Waals surface area contributed by atoms with Crippen LogP contribution in [0.5, 0.6) is 5.75 Å². The fraction of sp³-hybridized carbons (Fsp3) is 0.0800. The minimum atomic E-state index is -0.389. The van der Waals surface area contributed by atoms with Crippen molar-refractivity contribution < 1.29 is 9.53 Å². The zero-order valence-electron chi connectivity index (χ0n) is 16.3. The summed E-state index contributed by atoms with van der Waals surface area (Å²) in [7, 11) is 0. The summed E-state index contributed by atoms with van der Waals surface area (Å²) < 4.78 is 5.49. The van der Waals surface area contributed by atoms with Crippen LogP contribution in [0.1, 0.15) is 21.5 Å². The molecule has 0 amide bonds. The Balaban J connectivity index is 1.45. The molecule has 142 valence electrons. The lowest BCUT2D eigenvalue weighted by Crippen LogP contribution is -2.08. The summed E-state index contributed by atoms with van der Waals surface area (Å²) in [5.41, 5.74) is 5.77. The molecule has 0 saturated carbocycles. The molecular formula is C25H20N2O2. The zero-order valence-corrected chi connectivity index (χ0v) is 16.3. The van der Waals surface area contributed by atoms with Gasteiger partial charge in [0.05, 0.1) is 5.56 Å². The Morgan fingerprint density at radius 2 is 1.17 bits per heavy atom. The lowest BCUT2D eigenvalue weighted by Gasteiger charge is -2.07. The number of nitrogens with zero attached hydrogens (tertiary/aromatic N) is 2. The predicted octanol–water partition coefficient (Wildman–Crippen LogP) is 5.65. The van der Waals surface area contributed by atoms with E-state index < -0.39 is 0 Å². The molecule has 0 radical (unpaired) electrons. The van der Waals surface area contributed by atoms with E-state index >= 15 is 0 Å². The lowest BCUT2D eigenvalue weighted by molar-refractivity contribution is 0.0735. The van der Waals surface area contributed by atoms with Crippen LogP contribution in [-0.2, 0) is 0 Å². The van der Waals surface area contributed by atoms with Gasteiger partial charge in [-0.05, 0) is 66.9 Å². The number of esters is 1. The molecule has 0 aliphatic carbocycles. The van der Waals surface area contributed by atoms with Crippen LogP contribution in [0, 0.1) is 13.8 Å². The van der Waals surface area contributed by atoms with Crippen LogP contribution in [0.25, 0.3) is 22.5 Å². The number of benzene rings is 3. The van der Waals surface area contributed by atoms with Gasteiger partial charge in [0.15, 0.2) is 5.82 Å². The number of hydrogen-bond acceptors (Lipinski definition) is 4. The van der Waals surface area contributed by atoms with Crippen LogP contribution in [0.4, 0.5) is 0 Å². The Morgan fingerprint density at radius 1 is 0.655 bits per heavy atom. The van der Waals surface area contributed by atoms with Crippen molar-refractivity contribution in [1.82, 2.24) is 9.97 Å². The van der Waals surface area contributed by atoms with Crippen molar-refractivity contribution in [3.63, 3.8) is 0 Å². The molecule has 0 saturated heterocycles. The van der Waals surface area contributed by atoms with Gasteiger partial charge in [-0.1, -0.05) is 42.0 Å². The van der Waals surface area contributed by atoms with Crippen molar-refractivity contribution in [2.24, 2.45) is 0 Å². The first-order valence-electron chi connectivity index (χ1n) is 9.37. The van der Waals surface area contributed by atoms with E-state index in [2.05, 4.69) is 41.2 Å². The van der Waals surface area contributed by atoms with E-state index in [0.29, 0.717) is 17.1 Å². The standard InChI is InChI=1S/C25H20N2O2/c1-17-3-5-19(6-4-17)20-7-9-22(10-8-20)25(28)29-23-13-11-21(12-14-23)24-26-15-18(2)16-27-24/h3-16H,1-2H3. The lowest BCUT2D eigenvalue weighted by atomic mass is 10.0. The molecule has 4 aromatic rings. The summed E-state index contributed by atoms with van der Waals surface area (Å²) >= 11 is 0. The molecule has 1 heterocycles. The molecule has 0 aliphatic heterocycles. The van der Waals surface area contributed by atoms with E-state index in [1.165, 1.54) is 5.56 Å². The van der Waals surface area contributed by atoms with Gasteiger partial charge in [-0.25, -0.2) is 14.8 Å². The van der Waals surface area contributed by atoms with Gasteiger partial charge >= 0.3 is 5.97 Å². The normalized spacial score (nSPS) is 10.6. The smallest absolute Gasteiger partial charge is 0.343 e. The van der Waals surface area contributed by atoms with Crippen molar-refractivity contribution >= 4 is 5.97 Å². The third kappa shape index (κ3) is 4.38. The maximum Gasteiger partial charge on any atom is 0.343 e. The molecule has 4 rings (SSSR count). The number of ether oxygens (including phenoxy) is 1. The molecule has 1 aromatic heterocycles. The summed E-state index contributed by atoms with van der Waals surface area (Å²) in [6.07, 6.45) is 3.55. The third-order valence-electron chi connectivity index (χ3n) is 4.61. The van der Waals surface area contributed by atoms with Crippen LogP contribution in [0.3, 0.4) is 0 Å². The van der Waals surface area contributed by atoms with E-state index in [9.17, 15) is 4.79 Å². The van der Waals surface area contributed by atoms with Crippen molar-refractivity contribution in [3.8, 4) is 28.3 Å². The number of carbonyl (C=O) groups is 1. The molecule has 0 N–H and O–H groups in total. The van der Waals surface area contributed by atoms with E-state index in [4.69, 9.17) is 4.74 Å². The largest absolute Gasteiger partial charge is 0.423 e. The summed E-state index contributed by atoms with van der Waals surface area (Å²) in [5, 5.41) is 0. The van der Waals surface area contributed by atoms with Crippen molar-refractivity contribution in [3.05, 3.63) is 102 Å². The highest BCUT2D eigenvalue weighted by atomic mass is 16.5. The highest BCUT2D eigenvalue weighted by molar-refractivity contribution is 5.91. The van der Waals surface area contributed by atoms with Gasteiger partial charge in [0.1, 0.15) is 5.75 Å². The predicted molar refractivity (Wildman–Crippen MR) is 114 cm³/mol. The summed E-state index contributed by atoms with van der Waals surface area (Å²) in [4.78, 5) is 21.1. The monoisotopic (exact) mass is 380 g/mol. The maximum absolute atomic E-state index is 12.5. The molecule has 0 fully saturated rings. The highest BCUT2D eigenvalue weighted by Gasteiger charge is 2.10. The second-order valence-electron chi connectivity index (χ2n) is 6.94. The quantitative estimate of drug-likeness (QED) is 0.339. The maximum atomic E-state index is 12.5. The van der Waals surface area contributed by atoms with Crippen LogP contribution >= 0.6 is 0 Å². The van der Waals surface area contributed by atoms with E-state index in [1.807, 2.05) is 31.2 Å². The van der Waals surface area contributed by atoms with Crippen LogP contribution < -0.4 is 4.74 Å². The molecule has 4 heteroatoms. The minimum Gasteiger partial charge on any atom is -0.423 e. The molecule has 0 aliphatic rings. The number of rotatable bonds is 4. The van der Waals surface area contributed by atoms with E-state index in [-0.39, 0.29) is 5.97 Å². The second-order valence-corrected chi connectivity index (χ2v) is 6.94. The Labute approximate surface area is 169 Å². The molecule has 0 spiro atoms. The van der Waals surface area contributed by atoms with Gasteiger partial charge in [-0.2, -0.15) is 0 Å². The molecule has 0 atom stereocenters. The fourth-order valence-electron chi connectivity index (χ4n) is 2.92. The van der Waals surface area contributed by atoms with Gasteiger partial charge in [0, 0.05) is 18.0 Å². The van der Waals surface area contributed by atoms with Gasteiger partial charge in [-0.3, -0.25) is 0 Å². The number of hydrogen-bond donors (Lipinski definition) is 0. The van der Waals surface area contributed by atoms with Crippen LogP contribution in [0.2, 0.25) is 0 Å². The SMILES string of the molecule is Cc1ccc(-c2ccc(C(=O)Oc3ccc(-c4ncc(C)cn4)cc3)cc2)cc1. The van der Waals surface area contributed by atoms with E-state index in [1.54, 1.807) is 36.7 Å².